The minimum atomic E-state index is -3.11. The van der Waals surface area contributed by atoms with Gasteiger partial charge in [0.1, 0.15) is 0 Å². The molecule has 1 aliphatic carbocycles. The van der Waals surface area contributed by atoms with Gasteiger partial charge >= 0.3 is 6.01 Å². The minimum Gasteiger partial charge on any atom is -0.335 e. The highest BCUT2D eigenvalue weighted by atomic mass is 32.2. The van der Waals surface area contributed by atoms with Crippen molar-refractivity contribution >= 4 is 16.0 Å². The van der Waals surface area contributed by atoms with Gasteiger partial charge in [-0.05, 0) is 44.1 Å². The van der Waals surface area contributed by atoms with Gasteiger partial charge in [-0.3, -0.25) is 0 Å². The van der Waals surface area contributed by atoms with E-state index in [-0.39, 0.29) is 17.7 Å². The van der Waals surface area contributed by atoms with Crippen LogP contribution in [0, 0.1) is 5.92 Å². The van der Waals surface area contributed by atoms with Gasteiger partial charge in [0.2, 0.25) is 10.0 Å². The van der Waals surface area contributed by atoms with E-state index in [2.05, 4.69) is 39.2 Å². The molecule has 0 bridgehead atoms. The predicted octanol–water partition coefficient (Wildman–Crippen LogP) is 3.13. The van der Waals surface area contributed by atoms with Gasteiger partial charge < -0.3 is 9.84 Å². The average molecular weight is 393 g/mol. The number of hydrogen-bond donors (Lipinski definition) is 2. The summed E-state index contributed by atoms with van der Waals surface area (Å²) in [7, 11) is -3.11. The van der Waals surface area contributed by atoms with E-state index < -0.39 is 10.0 Å². The first-order valence-corrected chi connectivity index (χ1v) is 11.2. The average Bonchev–Trinajstić information content (AvgIpc) is 3.16. The van der Waals surface area contributed by atoms with Crippen LogP contribution in [-0.2, 0) is 10.0 Å². The molecule has 7 nitrogen and oxygen atoms in total. The van der Waals surface area contributed by atoms with Crippen LogP contribution in [0.25, 0.3) is 0 Å². The molecule has 0 amide bonds. The summed E-state index contributed by atoms with van der Waals surface area (Å²) in [6.07, 6.45) is 3.88. The lowest BCUT2D eigenvalue weighted by Gasteiger charge is -2.28. The third kappa shape index (κ3) is 5.52. The third-order valence-corrected chi connectivity index (χ3v) is 6.64. The van der Waals surface area contributed by atoms with Crippen molar-refractivity contribution in [1.82, 2.24) is 14.9 Å². The number of nitrogens with zero attached hydrogens (tertiary/aromatic N) is 2. The summed E-state index contributed by atoms with van der Waals surface area (Å²) in [5, 5.41) is 7.45. The quantitative estimate of drug-likeness (QED) is 0.716. The number of nitrogens with one attached hydrogen (secondary N) is 2. The molecule has 1 fully saturated rings. The van der Waals surface area contributed by atoms with E-state index in [1.54, 1.807) is 6.92 Å². The van der Waals surface area contributed by atoms with Gasteiger partial charge in [-0.1, -0.05) is 42.4 Å². The second kappa shape index (κ2) is 8.84. The Balaban J connectivity index is 1.48. The Bertz CT molecular complexity index is 814. The molecule has 1 aromatic carbocycles. The Kier molecular flexibility index (Phi) is 6.49. The second-order valence-corrected chi connectivity index (χ2v) is 9.30. The Labute approximate surface area is 161 Å². The highest BCUT2D eigenvalue weighted by Gasteiger charge is 2.24. The van der Waals surface area contributed by atoms with Gasteiger partial charge in [0, 0.05) is 18.5 Å². The van der Waals surface area contributed by atoms with Crippen molar-refractivity contribution in [1.29, 1.82) is 0 Å². The monoisotopic (exact) mass is 392 g/mol. The number of hydrogen-bond acceptors (Lipinski definition) is 6. The van der Waals surface area contributed by atoms with Crippen LogP contribution in [0.15, 0.2) is 34.9 Å². The molecule has 148 valence electrons. The number of rotatable bonds is 8. The smallest absolute Gasteiger partial charge is 0.321 e. The first-order valence-electron chi connectivity index (χ1n) is 9.59. The summed E-state index contributed by atoms with van der Waals surface area (Å²) < 4.78 is 31.2. The summed E-state index contributed by atoms with van der Waals surface area (Å²) >= 11 is 0. The lowest BCUT2D eigenvalue weighted by atomic mass is 9.86. The standard InChI is InChI=1S/C19H28N4O3S/c1-3-27(24,25)20-13-15-9-11-17(12-10-15)21-19-22-18(23-26-19)14(2)16-7-5-4-6-8-16/h4-8,14-15,17,20H,3,9-13H2,1-2H3,(H,21,22,23). The molecule has 1 saturated carbocycles. The van der Waals surface area contributed by atoms with Gasteiger partial charge in [-0.25, -0.2) is 13.1 Å². The molecule has 2 N–H and O–H groups in total. The summed E-state index contributed by atoms with van der Waals surface area (Å²) in [4.78, 5) is 4.50. The van der Waals surface area contributed by atoms with Crippen LogP contribution in [0.2, 0.25) is 0 Å². The molecule has 2 aromatic rings. The van der Waals surface area contributed by atoms with Crippen LogP contribution < -0.4 is 10.0 Å². The Morgan fingerprint density at radius 1 is 1.19 bits per heavy atom. The predicted molar refractivity (Wildman–Crippen MR) is 105 cm³/mol. The van der Waals surface area contributed by atoms with Gasteiger partial charge in [0.15, 0.2) is 5.82 Å². The zero-order chi connectivity index (χ0) is 19.3. The van der Waals surface area contributed by atoms with Crippen molar-refractivity contribution in [2.75, 3.05) is 17.6 Å². The van der Waals surface area contributed by atoms with E-state index in [1.165, 1.54) is 0 Å². The topological polar surface area (TPSA) is 97.1 Å². The summed E-state index contributed by atoms with van der Waals surface area (Å²) in [6, 6.07) is 10.9. The van der Waals surface area contributed by atoms with Crippen molar-refractivity contribution in [2.24, 2.45) is 5.92 Å². The van der Waals surface area contributed by atoms with E-state index in [1.807, 2.05) is 18.2 Å². The maximum atomic E-state index is 11.6. The van der Waals surface area contributed by atoms with Crippen molar-refractivity contribution in [3.05, 3.63) is 41.7 Å². The normalized spacial score (nSPS) is 21.7. The van der Waals surface area contributed by atoms with E-state index in [0.29, 0.717) is 24.3 Å². The van der Waals surface area contributed by atoms with Gasteiger partial charge in [0.05, 0.1) is 5.75 Å². The lowest BCUT2D eigenvalue weighted by Crippen LogP contribution is -2.34. The Morgan fingerprint density at radius 2 is 1.89 bits per heavy atom. The van der Waals surface area contributed by atoms with Crippen LogP contribution >= 0.6 is 0 Å². The van der Waals surface area contributed by atoms with Gasteiger partial charge in [-0.2, -0.15) is 4.98 Å². The molecule has 0 radical (unpaired) electrons. The van der Waals surface area contributed by atoms with Crippen molar-refractivity contribution in [3.8, 4) is 0 Å². The fourth-order valence-corrected chi connectivity index (χ4v) is 4.09. The zero-order valence-corrected chi connectivity index (χ0v) is 16.7. The van der Waals surface area contributed by atoms with Gasteiger partial charge in [0.25, 0.3) is 0 Å². The molecular weight excluding hydrogens is 364 g/mol. The first kappa shape index (κ1) is 19.8. The maximum absolute atomic E-state index is 11.6. The van der Waals surface area contributed by atoms with Crippen LogP contribution in [0.1, 0.15) is 56.8 Å². The van der Waals surface area contributed by atoms with Gasteiger partial charge in [-0.15, -0.1) is 0 Å². The summed E-state index contributed by atoms with van der Waals surface area (Å²) in [6.45, 7) is 4.25. The number of sulfonamides is 1. The molecule has 1 heterocycles. The number of aromatic nitrogens is 2. The largest absolute Gasteiger partial charge is 0.335 e. The fourth-order valence-electron chi connectivity index (χ4n) is 3.39. The van der Waals surface area contributed by atoms with Crippen LogP contribution in [0.5, 0.6) is 0 Å². The number of anilines is 1. The molecule has 3 rings (SSSR count). The SMILES string of the molecule is CCS(=O)(=O)NCC1CCC(Nc2nc(C(C)c3ccccc3)no2)CC1. The number of benzene rings is 1. The van der Waals surface area contributed by atoms with Crippen molar-refractivity contribution in [2.45, 2.75) is 51.5 Å². The molecule has 0 spiro atoms. The molecule has 1 unspecified atom stereocenters. The third-order valence-electron chi connectivity index (χ3n) is 5.27. The molecule has 1 aromatic heterocycles. The first-order chi connectivity index (χ1) is 13.0. The molecule has 0 saturated heterocycles. The second-order valence-electron chi connectivity index (χ2n) is 7.20. The molecule has 1 atom stereocenters. The maximum Gasteiger partial charge on any atom is 0.321 e. The molecular formula is C19H28N4O3S. The minimum absolute atomic E-state index is 0.0767. The van der Waals surface area contributed by atoms with Crippen LogP contribution in [-0.4, -0.2) is 36.9 Å². The molecule has 1 aliphatic rings. The Hall–Kier alpha value is -1.93. The molecule has 8 heteroatoms. The van der Waals surface area contributed by atoms with Crippen molar-refractivity contribution < 1.29 is 12.9 Å². The van der Waals surface area contributed by atoms with Crippen LogP contribution in [0.4, 0.5) is 6.01 Å². The summed E-state index contributed by atoms with van der Waals surface area (Å²) in [5.74, 6) is 1.27. The lowest BCUT2D eigenvalue weighted by molar-refractivity contribution is 0.329. The zero-order valence-electron chi connectivity index (χ0n) is 15.9. The molecule has 27 heavy (non-hydrogen) atoms. The van der Waals surface area contributed by atoms with E-state index in [4.69, 9.17) is 4.52 Å². The summed E-state index contributed by atoms with van der Waals surface area (Å²) in [5.41, 5.74) is 1.15. The fraction of sp³-hybridized carbons (Fsp3) is 0.579. The van der Waals surface area contributed by atoms with Crippen LogP contribution in [0.3, 0.4) is 0 Å². The van der Waals surface area contributed by atoms with E-state index in [9.17, 15) is 8.42 Å². The van der Waals surface area contributed by atoms with Crippen molar-refractivity contribution in [3.63, 3.8) is 0 Å². The highest BCUT2D eigenvalue weighted by molar-refractivity contribution is 7.89. The van der Waals surface area contributed by atoms with E-state index in [0.717, 1.165) is 31.2 Å². The molecule has 0 aliphatic heterocycles. The Morgan fingerprint density at radius 3 is 2.56 bits per heavy atom. The highest BCUT2D eigenvalue weighted by Crippen LogP contribution is 2.27. The van der Waals surface area contributed by atoms with E-state index >= 15 is 0 Å².